The molecule has 146 valence electrons. The van der Waals surface area contributed by atoms with Crippen molar-refractivity contribution < 1.29 is 24.6 Å². The number of aliphatic hydroxyl groups excluding tert-OH is 1. The average molecular weight is 360 g/mol. The van der Waals surface area contributed by atoms with E-state index in [4.69, 9.17) is 11.5 Å². The lowest BCUT2D eigenvalue weighted by molar-refractivity contribution is -0.142. The second-order valence-corrected chi connectivity index (χ2v) is 6.32. The summed E-state index contributed by atoms with van der Waals surface area (Å²) in [4.78, 5) is 35.9. The Kier molecular flexibility index (Phi) is 11.0. The van der Waals surface area contributed by atoms with Crippen LogP contribution in [0.15, 0.2) is 0 Å². The molecule has 0 bridgehead atoms. The lowest BCUT2D eigenvalue weighted by Gasteiger charge is -2.27. The number of nitrogens with two attached hydrogens (primary N) is 2. The molecule has 0 saturated heterocycles. The van der Waals surface area contributed by atoms with Crippen LogP contribution >= 0.6 is 0 Å². The zero-order valence-electron chi connectivity index (χ0n) is 15.2. The van der Waals surface area contributed by atoms with Crippen LogP contribution in [-0.2, 0) is 14.4 Å². The quantitative estimate of drug-likeness (QED) is 0.241. The predicted molar refractivity (Wildman–Crippen MR) is 93.5 cm³/mol. The first-order valence-corrected chi connectivity index (χ1v) is 8.62. The number of carboxylic acid groups (broad SMARTS) is 1. The van der Waals surface area contributed by atoms with E-state index in [1.165, 1.54) is 6.92 Å². The maximum absolute atomic E-state index is 12.5. The summed E-state index contributed by atoms with van der Waals surface area (Å²) in [5.41, 5.74) is 11.0. The summed E-state index contributed by atoms with van der Waals surface area (Å²) in [6.07, 6.45) is 1.01. The first kappa shape index (κ1) is 23.3. The third-order valence-electron chi connectivity index (χ3n) is 4.18. The standard InChI is InChI=1S/C16H32N4O5/c1-4-9(2)13(20-14(22)12(18)10(3)21)15(23)19-11(16(24)25)7-5-6-8-17/h9-13,21H,4-8,17-18H2,1-3H3,(H,19,23)(H,20,22)(H,24,25)/t9-,10+,11-,12-,13-/m0/s1. The molecule has 0 unspecified atom stereocenters. The Morgan fingerprint density at radius 3 is 2.12 bits per heavy atom. The molecule has 0 rings (SSSR count). The summed E-state index contributed by atoms with van der Waals surface area (Å²) in [6.45, 7) is 5.44. The van der Waals surface area contributed by atoms with Crippen LogP contribution < -0.4 is 22.1 Å². The molecule has 0 aliphatic rings. The molecule has 0 spiro atoms. The van der Waals surface area contributed by atoms with Gasteiger partial charge in [0.25, 0.3) is 0 Å². The maximum atomic E-state index is 12.5. The summed E-state index contributed by atoms with van der Waals surface area (Å²) in [5.74, 6) is -2.62. The van der Waals surface area contributed by atoms with Crippen LogP contribution in [0.2, 0.25) is 0 Å². The van der Waals surface area contributed by atoms with E-state index in [0.29, 0.717) is 25.8 Å². The number of amides is 2. The van der Waals surface area contributed by atoms with Crippen molar-refractivity contribution in [2.24, 2.45) is 17.4 Å². The van der Waals surface area contributed by atoms with Gasteiger partial charge in [0.1, 0.15) is 18.1 Å². The number of aliphatic carboxylic acids is 1. The van der Waals surface area contributed by atoms with E-state index in [0.717, 1.165) is 0 Å². The Labute approximate surface area is 148 Å². The van der Waals surface area contributed by atoms with Crippen molar-refractivity contribution >= 4 is 17.8 Å². The number of unbranched alkanes of at least 4 members (excludes halogenated alkanes) is 1. The van der Waals surface area contributed by atoms with E-state index in [9.17, 15) is 24.6 Å². The molecule has 2 amide bonds. The van der Waals surface area contributed by atoms with Gasteiger partial charge in [-0.1, -0.05) is 20.3 Å². The second kappa shape index (κ2) is 11.8. The van der Waals surface area contributed by atoms with E-state index in [-0.39, 0.29) is 12.3 Å². The van der Waals surface area contributed by atoms with Crippen LogP contribution in [-0.4, -0.2) is 58.8 Å². The third-order valence-corrected chi connectivity index (χ3v) is 4.18. The molecule has 0 aliphatic heterocycles. The SMILES string of the molecule is CC[C@H](C)[C@H](NC(=O)[C@@H](N)[C@@H](C)O)C(=O)N[C@@H](CCCCN)C(=O)O. The Morgan fingerprint density at radius 1 is 1.08 bits per heavy atom. The van der Waals surface area contributed by atoms with Gasteiger partial charge in [-0.2, -0.15) is 0 Å². The molecule has 9 nitrogen and oxygen atoms in total. The van der Waals surface area contributed by atoms with Crippen molar-refractivity contribution in [3.63, 3.8) is 0 Å². The topological polar surface area (TPSA) is 168 Å². The van der Waals surface area contributed by atoms with Crippen molar-refractivity contribution in [1.29, 1.82) is 0 Å². The first-order chi connectivity index (χ1) is 11.6. The van der Waals surface area contributed by atoms with Gasteiger partial charge in [0.15, 0.2) is 0 Å². The molecule has 8 N–H and O–H groups in total. The highest BCUT2D eigenvalue weighted by atomic mass is 16.4. The van der Waals surface area contributed by atoms with Crippen LogP contribution in [0.5, 0.6) is 0 Å². The second-order valence-electron chi connectivity index (χ2n) is 6.32. The van der Waals surface area contributed by atoms with Crippen LogP contribution in [0.1, 0.15) is 46.5 Å². The monoisotopic (exact) mass is 360 g/mol. The fraction of sp³-hybridized carbons (Fsp3) is 0.812. The molecule has 0 aromatic rings. The largest absolute Gasteiger partial charge is 0.480 e. The van der Waals surface area contributed by atoms with Crippen molar-refractivity contribution in [1.82, 2.24) is 10.6 Å². The summed E-state index contributed by atoms with van der Waals surface area (Å²) in [6, 6.07) is -3.15. The minimum absolute atomic E-state index is 0.233. The van der Waals surface area contributed by atoms with E-state index < -0.39 is 42.0 Å². The highest BCUT2D eigenvalue weighted by Gasteiger charge is 2.31. The predicted octanol–water partition coefficient (Wildman–Crippen LogP) is -1.08. The first-order valence-electron chi connectivity index (χ1n) is 8.62. The number of aliphatic hydroxyl groups is 1. The Balaban J connectivity index is 5.03. The number of nitrogens with one attached hydrogen (secondary N) is 2. The number of carbonyl (C=O) groups is 3. The van der Waals surface area contributed by atoms with Crippen molar-refractivity contribution in [2.45, 2.75) is 70.7 Å². The lowest BCUT2D eigenvalue weighted by Crippen LogP contribution is -2.58. The summed E-state index contributed by atoms with van der Waals surface area (Å²) in [5, 5.41) is 23.6. The van der Waals surface area contributed by atoms with Crippen molar-refractivity contribution in [3.05, 3.63) is 0 Å². The minimum Gasteiger partial charge on any atom is -0.480 e. The molecule has 0 fully saturated rings. The van der Waals surface area contributed by atoms with Crippen molar-refractivity contribution in [3.8, 4) is 0 Å². The Hall–Kier alpha value is -1.71. The van der Waals surface area contributed by atoms with Gasteiger partial charge >= 0.3 is 5.97 Å². The molecule has 5 atom stereocenters. The van der Waals surface area contributed by atoms with Gasteiger partial charge in [-0.25, -0.2) is 4.79 Å². The highest BCUT2D eigenvalue weighted by molar-refractivity contribution is 5.92. The highest BCUT2D eigenvalue weighted by Crippen LogP contribution is 2.10. The van der Waals surface area contributed by atoms with Gasteiger partial charge in [-0.15, -0.1) is 0 Å². The minimum atomic E-state index is -1.17. The maximum Gasteiger partial charge on any atom is 0.326 e. The van der Waals surface area contributed by atoms with E-state index in [1.54, 1.807) is 6.92 Å². The van der Waals surface area contributed by atoms with Gasteiger partial charge in [0.2, 0.25) is 11.8 Å². The van der Waals surface area contributed by atoms with Gasteiger partial charge in [0, 0.05) is 0 Å². The van der Waals surface area contributed by atoms with E-state index in [1.807, 2.05) is 6.92 Å². The number of hydrogen-bond acceptors (Lipinski definition) is 6. The number of carbonyl (C=O) groups excluding carboxylic acids is 2. The van der Waals surface area contributed by atoms with Gasteiger partial charge in [-0.3, -0.25) is 9.59 Å². The summed E-state index contributed by atoms with van der Waals surface area (Å²) >= 11 is 0. The third kappa shape index (κ3) is 8.28. The van der Waals surface area contributed by atoms with Crippen molar-refractivity contribution in [2.75, 3.05) is 6.54 Å². The zero-order valence-corrected chi connectivity index (χ0v) is 15.2. The zero-order chi connectivity index (χ0) is 19.6. The fourth-order valence-electron chi connectivity index (χ4n) is 2.18. The number of rotatable bonds is 12. The number of hydrogen-bond donors (Lipinski definition) is 6. The Bertz CT molecular complexity index is 444. The molecular formula is C16H32N4O5. The molecule has 25 heavy (non-hydrogen) atoms. The smallest absolute Gasteiger partial charge is 0.326 e. The van der Waals surface area contributed by atoms with Crippen LogP contribution in [0.25, 0.3) is 0 Å². The lowest BCUT2D eigenvalue weighted by atomic mass is 9.97. The van der Waals surface area contributed by atoms with Crippen LogP contribution in [0.3, 0.4) is 0 Å². The number of carboxylic acids is 1. The van der Waals surface area contributed by atoms with Crippen LogP contribution in [0.4, 0.5) is 0 Å². The fourth-order valence-corrected chi connectivity index (χ4v) is 2.18. The Morgan fingerprint density at radius 2 is 1.68 bits per heavy atom. The molecule has 0 aliphatic carbocycles. The molecule has 0 heterocycles. The molecular weight excluding hydrogens is 328 g/mol. The van der Waals surface area contributed by atoms with Gasteiger partial charge in [0.05, 0.1) is 6.10 Å². The molecule has 0 radical (unpaired) electrons. The average Bonchev–Trinajstić information content (AvgIpc) is 2.56. The summed E-state index contributed by atoms with van der Waals surface area (Å²) < 4.78 is 0. The summed E-state index contributed by atoms with van der Waals surface area (Å²) in [7, 11) is 0. The van der Waals surface area contributed by atoms with Gasteiger partial charge in [-0.05, 0) is 38.6 Å². The normalized spacial score (nSPS) is 17.0. The molecule has 0 aromatic heterocycles. The molecule has 0 saturated carbocycles. The van der Waals surface area contributed by atoms with E-state index >= 15 is 0 Å². The molecule has 9 heteroatoms. The van der Waals surface area contributed by atoms with Gasteiger partial charge < -0.3 is 32.3 Å². The van der Waals surface area contributed by atoms with Crippen LogP contribution in [0, 0.1) is 5.92 Å². The molecule has 0 aromatic carbocycles. The van der Waals surface area contributed by atoms with E-state index in [2.05, 4.69) is 10.6 Å².